The molecular weight excluding hydrogens is 508 g/mol. The fourth-order valence-electron chi connectivity index (χ4n) is 9.62. The zero-order valence-corrected chi connectivity index (χ0v) is 26.1. The summed E-state index contributed by atoms with van der Waals surface area (Å²) in [7, 11) is 0. The van der Waals surface area contributed by atoms with Crippen LogP contribution < -0.4 is 0 Å². The van der Waals surface area contributed by atoms with Crippen LogP contribution in [0.1, 0.15) is 102 Å². The number of nitrogens with zero attached hydrogens (tertiary/aromatic N) is 4. The van der Waals surface area contributed by atoms with E-state index in [2.05, 4.69) is 87.4 Å². The lowest BCUT2D eigenvalue weighted by atomic mass is 9.48. The summed E-state index contributed by atoms with van der Waals surface area (Å²) < 4.78 is 7.10. The fourth-order valence-corrected chi connectivity index (χ4v) is 9.62. The van der Waals surface area contributed by atoms with Crippen LogP contribution in [0.4, 0.5) is 0 Å². The number of hydrogen-bond donors (Lipinski definition) is 0. The molecule has 220 valence electrons. The van der Waals surface area contributed by atoms with E-state index >= 15 is 0 Å². The molecule has 4 aliphatic carbocycles. The third-order valence-electron chi connectivity index (χ3n) is 11.9. The molecule has 8 atom stereocenters. The van der Waals surface area contributed by atoms with Gasteiger partial charge in [-0.05, 0) is 126 Å². The van der Waals surface area contributed by atoms with Crippen LogP contribution in [0.15, 0.2) is 35.9 Å². The summed E-state index contributed by atoms with van der Waals surface area (Å²) >= 11 is 0. The molecule has 0 aromatic carbocycles. The Hall–Kier alpha value is -2.76. The van der Waals surface area contributed by atoms with Gasteiger partial charge in [0.2, 0.25) is 0 Å². The van der Waals surface area contributed by atoms with Gasteiger partial charge in [0.15, 0.2) is 5.65 Å². The summed E-state index contributed by atoms with van der Waals surface area (Å²) in [5.41, 5.74) is 4.83. The normalized spacial score (nSPS) is 33.7. The minimum atomic E-state index is -0.358. The van der Waals surface area contributed by atoms with Crippen LogP contribution in [0.3, 0.4) is 0 Å². The third-order valence-corrected chi connectivity index (χ3v) is 11.9. The average Bonchev–Trinajstić information content (AvgIpc) is 3.56. The van der Waals surface area contributed by atoms with E-state index in [1.54, 1.807) is 4.52 Å². The third kappa shape index (κ3) is 4.42. The summed E-state index contributed by atoms with van der Waals surface area (Å²) in [4.78, 5) is 12.9. The van der Waals surface area contributed by atoms with Crippen LogP contribution >= 0.6 is 0 Å². The van der Waals surface area contributed by atoms with Crippen molar-refractivity contribution in [2.45, 2.75) is 87.0 Å². The molecule has 0 amide bonds. The summed E-state index contributed by atoms with van der Waals surface area (Å²) in [6.07, 6.45) is 19.7. The number of allylic oxidation sites excluding steroid dienone is 5. The first-order chi connectivity index (χ1) is 19.6. The van der Waals surface area contributed by atoms with Gasteiger partial charge in [0.05, 0.1) is 12.3 Å². The Labute approximate surface area is 245 Å². The highest BCUT2D eigenvalue weighted by molar-refractivity contribution is 5.96. The van der Waals surface area contributed by atoms with E-state index in [9.17, 15) is 4.79 Å². The van der Waals surface area contributed by atoms with Gasteiger partial charge < -0.3 is 4.74 Å². The van der Waals surface area contributed by atoms with Gasteiger partial charge in [0, 0.05) is 5.41 Å². The first-order valence-corrected chi connectivity index (χ1v) is 16.1. The topological polar surface area (TPSA) is 69.4 Å². The molecule has 41 heavy (non-hydrogen) atoms. The number of carbonyl (C=O) groups excluding carboxylic acids is 1. The Morgan fingerprint density at radius 2 is 1.95 bits per heavy atom. The van der Waals surface area contributed by atoms with E-state index in [0.717, 1.165) is 29.5 Å². The molecule has 0 spiro atoms. The van der Waals surface area contributed by atoms with E-state index in [-0.39, 0.29) is 11.4 Å². The molecule has 6 rings (SSSR count). The molecule has 2 saturated carbocycles. The van der Waals surface area contributed by atoms with Gasteiger partial charge in [0.25, 0.3) is 0 Å². The molecule has 0 unspecified atom stereocenters. The Bertz CT molecular complexity index is 1420. The van der Waals surface area contributed by atoms with Crippen molar-refractivity contribution in [1.82, 2.24) is 20.0 Å². The minimum absolute atomic E-state index is 0.0244. The highest BCUT2D eigenvalue weighted by Crippen LogP contribution is 2.66. The monoisotopic (exact) mass is 556 g/mol. The van der Waals surface area contributed by atoms with Crippen LogP contribution in [-0.4, -0.2) is 32.6 Å². The smallest absolute Gasteiger partial charge is 0.342 e. The second-order valence-electron chi connectivity index (χ2n) is 14.2. The van der Waals surface area contributed by atoms with E-state index in [4.69, 9.17) is 4.74 Å². The van der Waals surface area contributed by atoms with Gasteiger partial charge in [-0.1, -0.05) is 65.8 Å². The van der Waals surface area contributed by atoms with Crippen molar-refractivity contribution in [3.63, 3.8) is 0 Å². The fraction of sp³-hybridized carbons (Fsp3) is 0.657. The van der Waals surface area contributed by atoms with Crippen LogP contribution in [0.2, 0.25) is 0 Å². The van der Waals surface area contributed by atoms with Gasteiger partial charge in [-0.3, -0.25) is 0 Å². The van der Waals surface area contributed by atoms with Gasteiger partial charge >= 0.3 is 5.97 Å². The van der Waals surface area contributed by atoms with Gasteiger partial charge in [-0.15, -0.1) is 5.10 Å². The van der Waals surface area contributed by atoms with Crippen molar-refractivity contribution in [3.05, 3.63) is 52.8 Å². The number of esters is 1. The zero-order valence-electron chi connectivity index (χ0n) is 26.1. The highest BCUT2D eigenvalue weighted by atomic mass is 16.5. The quantitative estimate of drug-likeness (QED) is 0.258. The standard InChI is InChI=1S/C35H48N4O2/c1-8-23(21(3)4)11-10-22(5)28-14-15-29-26-13-12-25-19-31-24(20-35(25,7)30(26)16-17-34(28,29)6)18-27(33(40)41-9-2)32-36-37-38-39(31)32/h10-13,18-19,21-23,26,28-30H,8-9,14-17,20H2,1-7H3/t22-,23-,26+,28-,29+,30+,34-,35+/m1/s1. The lowest BCUT2D eigenvalue weighted by Gasteiger charge is -2.56. The summed E-state index contributed by atoms with van der Waals surface area (Å²) in [6, 6.07) is 2.00. The Kier molecular flexibility index (Phi) is 7.27. The lowest BCUT2D eigenvalue weighted by molar-refractivity contribution is -0.0175. The minimum Gasteiger partial charge on any atom is -0.462 e. The predicted octanol–water partition coefficient (Wildman–Crippen LogP) is 7.75. The molecular formula is C35H48N4O2. The van der Waals surface area contributed by atoms with Crippen LogP contribution in [-0.2, 0) is 11.2 Å². The van der Waals surface area contributed by atoms with Gasteiger partial charge in [-0.25, -0.2) is 4.79 Å². The van der Waals surface area contributed by atoms with Crippen LogP contribution in [0.5, 0.6) is 0 Å². The van der Waals surface area contributed by atoms with Crippen LogP contribution in [0.25, 0.3) is 11.7 Å². The SMILES string of the molecule is CCOC(=O)c1cc2c(n3nnnc13)C=C1C=C[C@H]3[C@@H]4CC[C@H]([C@H](C)C=C[C@@H](CC)C(C)C)[C@@]4(C)CC[C@@H]3[C@@]1(C)C2. The molecule has 0 radical (unpaired) electrons. The van der Waals surface area contributed by atoms with Crippen LogP contribution in [0, 0.1) is 52.3 Å². The van der Waals surface area contributed by atoms with Crippen molar-refractivity contribution in [1.29, 1.82) is 0 Å². The molecule has 0 aliphatic heterocycles. The molecule has 2 fully saturated rings. The van der Waals surface area contributed by atoms with E-state index in [1.807, 2.05) is 13.0 Å². The van der Waals surface area contributed by atoms with Crippen molar-refractivity contribution in [2.75, 3.05) is 6.61 Å². The second-order valence-corrected chi connectivity index (χ2v) is 14.2. The maximum atomic E-state index is 12.9. The van der Waals surface area contributed by atoms with E-state index < -0.39 is 0 Å². The van der Waals surface area contributed by atoms with Gasteiger partial charge in [0.1, 0.15) is 5.56 Å². The number of fused-ring (bicyclic) bond motifs is 8. The number of hydrogen-bond acceptors (Lipinski definition) is 5. The lowest BCUT2D eigenvalue weighted by Crippen LogP contribution is -2.49. The summed E-state index contributed by atoms with van der Waals surface area (Å²) in [6.45, 7) is 16.7. The maximum absolute atomic E-state index is 12.9. The molecule has 2 heterocycles. The summed E-state index contributed by atoms with van der Waals surface area (Å²) in [5.74, 6) is 4.31. The van der Waals surface area contributed by atoms with Crippen molar-refractivity contribution in [2.24, 2.45) is 52.3 Å². The number of aromatic nitrogens is 4. The number of tetrazole rings is 1. The molecule has 0 bridgehead atoms. The molecule has 6 heteroatoms. The Morgan fingerprint density at radius 3 is 2.68 bits per heavy atom. The Balaban J connectivity index is 1.30. The molecule has 6 nitrogen and oxygen atoms in total. The Morgan fingerprint density at radius 1 is 1.15 bits per heavy atom. The van der Waals surface area contributed by atoms with Crippen molar-refractivity contribution in [3.8, 4) is 0 Å². The largest absolute Gasteiger partial charge is 0.462 e. The first-order valence-electron chi connectivity index (χ1n) is 16.1. The second kappa shape index (κ2) is 10.5. The number of carbonyl (C=O) groups is 1. The zero-order chi connectivity index (χ0) is 29.1. The summed E-state index contributed by atoms with van der Waals surface area (Å²) in [5, 5.41) is 12.3. The van der Waals surface area contributed by atoms with E-state index in [1.165, 1.54) is 37.7 Å². The number of pyridine rings is 1. The van der Waals surface area contributed by atoms with Gasteiger partial charge in [-0.2, -0.15) is 4.52 Å². The average molecular weight is 557 g/mol. The molecule has 0 saturated heterocycles. The maximum Gasteiger partial charge on any atom is 0.342 e. The first kappa shape index (κ1) is 28.4. The molecule has 4 aliphatic rings. The predicted molar refractivity (Wildman–Crippen MR) is 163 cm³/mol. The van der Waals surface area contributed by atoms with Crippen molar-refractivity contribution < 1.29 is 9.53 Å². The molecule has 2 aromatic rings. The van der Waals surface area contributed by atoms with Crippen molar-refractivity contribution >= 4 is 17.7 Å². The number of ether oxygens (including phenoxy) is 1. The van der Waals surface area contributed by atoms with E-state index in [0.29, 0.717) is 52.8 Å². The molecule has 0 N–H and O–H groups in total. The highest BCUT2D eigenvalue weighted by Gasteiger charge is 2.58. The number of rotatable bonds is 7. The molecule has 2 aromatic heterocycles.